The zero-order valence-electron chi connectivity index (χ0n) is 29.0. The first-order chi connectivity index (χ1) is 24.9. The fourth-order valence-corrected chi connectivity index (χ4v) is 6.54. The molecule has 0 saturated heterocycles. The number of aromatic amines is 2. The lowest BCUT2D eigenvalue weighted by Gasteiger charge is -2.30. The maximum Gasteiger partial charge on any atom is 0.312 e. The van der Waals surface area contributed by atoms with Crippen molar-refractivity contribution in [1.82, 2.24) is 40.3 Å². The monoisotopic (exact) mass is 711 g/mol. The molecule has 2 aromatic carbocycles. The maximum atomic E-state index is 13.8. The van der Waals surface area contributed by atoms with E-state index in [9.17, 15) is 14.4 Å². The summed E-state index contributed by atoms with van der Waals surface area (Å²) in [5.74, 6) is 0.530. The highest BCUT2D eigenvalue weighted by molar-refractivity contribution is 7.80. The molecule has 6 N–H and O–H groups in total. The van der Waals surface area contributed by atoms with Crippen LogP contribution in [-0.4, -0.2) is 112 Å². The van der Waals surface area contributed by atoms with E-state index >= 15 is 0 Å². The SMILES string of the molecule is NC(=O)NCCCN(CCN(CCc1c[nH]c2ccccc12)C(=O)CNCc1cccnc1)CC(=O)N(CCS)CCc1c[nH]c2ccccc12. The molecule has 4 amide bonds. The number of benzene rings is 2. The predicted octanol–water partition coefficient (Wildman–Crippen LogP) is 3.57. The highest BCUT2D eigenvalue weighted by Crippen LogP contribution is 2.20. The van der Waals surface area contributed by atoms with Crippen molar-refractivity contribution in [2.75, 3.05) is 64.7 Å². The molecule has 0 atom stereocenters. The summed E-state index contributed by atoms with van der Waals surface area (Å²) >= 11 is 4.45. The first-order valence-corrected chi connectivity index (χ1v) is 18.2. The Morgan fingerprint density at radius 3 is 2.02 bits per heavy atom. The van der Waals surface area contributed by atoms with Gasteiger partial charge in [0.25, 0.3) is 0 Å². The third-order valence-corrected chi connectivity index (χ3v) is 9.25. The van der Waals surface area contributed by atoms with Gasteiger partial charge in [-0.1, -0.05) is 42.5 Å². The van der Waals surface area contributed by atoms with E-state index in [1.807, 2.05) is 70.7 Å². The fraction of sp³-hybridized carbons (Fsp3) is 0.368. The van der Waals surface area contributed by atoms with E-state index in [1.165, 1.54) is 5.56 Å². The summed E-state index contributed by atoms with van der Waals surface area (Å²) in [5, 5.41) is 8.21. The van der Waals surface area contributed by atoms with Gasteiger partial charge in [0, 0.05) is 105 Å². The standard InChI is InChI=1S/C38H49N9O3S/c39-38(50)42-15-6-16-45(28-37(49)47(21-22-51)18-13-31-26-44-35-11-4-2-9-33(31)35)19-20-46(36(48)27-41-24-29-7-5-14-40-23-29)17-12-30-25-43-34-10-3-1-8-32(30)34/h1-5,7-11,14,23,25-26,41,43-44,51H,6,12-13,15-22,24,27-28H2,(H3,39,42,50). The second-order valence-electron chi connectivity index (χ2n) is 12.6. The molecule has 51 heavy (non-hydrogen) atoms. The molecule has 5 aromatic rings. The van der Waals surface area contributed by atoms with Crippen LogP contribution in [0.1, 0.15) is 23.1 Å². The van der Waals surface area contributed by atoms with Crippen molar-refractivity contribution in [3.8, 4) is 0 Å². The highest BCUT2D eigenvalue weighted by Gasteiger charge is 2.21. The van der Waals surface area contributed by atoms with E-state index in [1.54, 1.807) is 12.4 Å². The number of primary amides is 1. The number of fused-ring (bicyclic) bond motifs is 2. The Bertz CT molecular complexity index is 1840. The number of amides is 4. The average Bonchev–Trinajstić information content (AvgIpc) is 3.76. The molecule has 0 bridgehead atoms. The molecule has 0 aliphatic carbocycles. The average molecular weight is 712 g/mol. The summed E-state index contributed by atoms with van der Waals surface area (Å²) < 4.78 is 0. The molecule has 0 unspecified atom stereocenters. The van der Waals surface area contributed by atoms with E-state index in [-0.39, 0.29) is 24.9 Å². The third-order valence-electron chi connectivity index (χ3n) is 9.05. The predicted molar refractivity (Wildman–Crippen MR) is 206 cm³/mol. The first kappa shape index (κ1) is 37.4. The molecule has 0 saturated carbocycles. The van der Waals surface area contributed by atoms with E-state index in [0.29, 0.717) is 77.4 Å². The molecule has 0 radical (unpaired) electrons. The normalized spacial score (nSPS) is 11.3. The number of hydrogen-bond donors (Lipinski definition) is 6. The fourth-order valence-electron chi connectivity index (χ4n) is 6.30. The molecule has 0 fully saturated rings. The lowest BCUT2D eigenvalue weighted by Crippen LogP contribution is -2.47. The van der Waals surface area contributed by atoms with E-state index in [0.717, 1.165) is 32.9 Å². The Hall–Kier alpha value is -4.85. The molecule has 13 heteroatoms. The first-order valence-electron chi connectivity index (χ1n) is 17.5. The van der Waals surface area contributed by atoms with Crippen molar-refractivity contribution in [2.45, 2.75) is 25.8 Å². The minimum absolute atomic E-state index is 0.00144. The summed E-state index contributed by atoms with van der Waals surface area (Å²) in [4.78, 5) is 55.5. The maximum absolute atomic E-state index is 13.8. The van der Waals surface area contributed by atoms with E-state index in [4.69, 9.17) is 5.73 Å². The van der Waals surface area contributed by atoms with Gasteiger partial charge in [0.2, 0.25) is 11.8 Å². The molecular weight excluding hydrogens is 663 g/mol. The number of aromatic nitrogens is 3. The number of nitrogens with one attached hydrogen (secondary N) is 4. The molecule has 3 aromatic heterocycles. The molecule has 270 valence electrons. The zero-order valence-corrected chi connectivity index (χ0v) is 29.9. The minimum Gasteiger partial charge on any atom is -0.361 e. The van der Waals surface area contributed by atoms with Gasteiger partial charge in [0.05, 0.1) is 13.1 Å². The number of hydrogen-bond acceptors (Lipinski definition) is 7. The molecule has 0 spiro atoms. The molecule has 12 nitrogen and oxygen atoms in total. The molecule has 3 heterocycles. The van der Waals surface area contributed by atoms with Gasteiger partial charge >= 0.3 is 6.03 Å². The van der Waals surface area contributed by atoms with Crippen molar-refractivity contribution < 1.29 is 14.4 Å². The van der Waals surface area contributed by atoms with Gasteiger partial charge in [-0.05, 0) is 54.2 Å². The van der Waals surface area contributed by atoms with Crippen LogP contribution in [0.15, 0.2) is 85.5 Å². The highest BCUT2D eigenvalue weighted by atomic mass is 32.1. The molecule has 0 aliphatic heterocycles. The van der Waals surface area contributed by atoms with Crippen LogP contribution in [0.25, 0.3) is 21.8 Å². The topological polar surface area (TPSA) is 155 Å². The second-order valence-corrected chi connectivity index (χ2v) is 13.0. The lowest BCUT2D eigenvalue weighted by molar-refractivity contribution is -0.132. The number of urea groups is 1. The van der Waals surface area contributed by atoms with Crippen LogP contribution in [0.2, 0.25) is 0 Å². The van der Waals surface area contributed by atoms with Crippen LogP contribution in [-0.2, 0) is 29.0 Å². The van der Waals surface area contributed by atoms with Crippen LogP contribution in [0.4, 0.5) is 4.79 Å². The quantitative estimate of drug-likeness (QED) is 0.0506. The number of carbonyl (C=O) groups excluding carboxylic acids is 3. The summed E-state index contributed by atoms with van der Waals surface area (Å²) in [6, 6.07) is 19.6. The second kappa shape index (κ2) is 19.5. The summed E-state index contributed by atoms with van der Waals surface area (Å²) in [5.41, 5.74) is 10.7. The van der Waals surface area contributed by atoms with Crippen LogP contribution in [0.3, 0.4) is 0 Å². The van der Waals surface area contributed by atoms with Crippen molar-refractivity contribution in [3.63, 3.8) is 0 Å². The zero-order chi connectivity index (χ0) is 35.8. The Labute approximate surface area is 304 Å². The van der Waals surface area contributed by atoms with Gasteiger partial charge in [-0.3, -0.25) is 19.5 Å². The van der Waals surface area contributed by atoms with Crippen molar-refractivity contribution in [3.05, 3.63) is 102 Å². The Morgan fingerprint density at radius 1 is 0.765 bits per heavy atom. The number of nitrogens with zero attached hydrogens (tertiary/aromatic N) is 4. The number of pyridine rings is 1. The van der Waals surface area contributed by atoms with Crippen LogP contribution < -0.4 is 16.4 Å². The number of carbonyl (C=O) groups is 3. The smallest absolute Gasteiger partial charge is 0.312 e. The summed E-state index contributed by atoms with van der Waals surface area (Å²) in [6.07, 6.45) is 9.54. The van der Waals surface area contributed by atoms with Crippen LogP contribution in [0.5, 0.6) is 0 Å². The van der Waals surface area contributed by atoms with Crippen LogP contribution in [0, 0.1) is 0 Å². The van der Waals surface area contributed by atoms with Crippen LogP contribution >= 0.6 is 12.6 Å². The minimum atomic E-state index is -0.581. The Morgan fingerprint density at radius 2 is 1.41 bits per heavy atom. The van der Waals surface area contributed by atoms with Gasteiger partial charge < -0.3 is 36.1 Å². The number of H-pyrrole nitrogens is 2. The van der Waals surface area contributed by atoms with Crippen molar-refractivity contribution in [1.29, 1.82) is 0 Å². The number of rotatable bonds is 21. The number of thiol groups is 1. The summed E-state index contributed by atoms with van der Waals surface area (Å²) in [7, 11) is 0. The van der Waals surface area contributed by atoms with Gasteiger partial charge in [-0.2, -0.15) is 12.6 Å². The summed E-state index contributed by atoms with van der Waals surface area (Å²) in [6.45, 7) is 4.37. The van der Waals surface area contributed by atoms with Crippen molar-refractivity contribution in [2.24, 2.45) is 5.73 Å². The molecular formula is C38H49N9O3S. The van der Waals surface area contributed by atoms with E-state index < -0.39 is 6.03 Å². The van der Waals surface area contributed by atoms with Gasteiger partial charge in [-0.15, -0.1) is 0 Å². The largest absolute Gasteiger partial charge is 0.361 e. The van der Waals surface area contributed by atoms with Gasteiger partial charge in [-0.25, -0.2) is 4.79 Å². The molecule has 5 rings (SSSR count). The number of para-hydroxylation sites is 2. The Balaban J connectivity index is 1.25. The number of nitrogens with two attached hydrogens (primary N) is 1. The van der Waals surface area contributed by atoms with E-state index in [2.05, 4.69) is 55.2 Å². The van der Waals surface area contributed by atoms with Gasteiger partial charge in [0.1, 0.15) is 0 Å². The van der Waals surface area contributed by atoms with Crippen molar-refractivity contribution >= 4 is 52.3 Å². The molecule has 0 aliphatic rings. The third kappa shape index (κ3) is 11.3. The van der Waals surface area contributed by atoms with Gasteiger partial charge in [0.15, 0.2) is 0 Å². The Kier molecular flexibility index (Phi) is 14.3. The lowest BCUT2D eigenvalue weighted by atomic mass is 10.1.